The van der Waals surface area contributed by atoms with E-state index >= 15 is 0 Å². The molecule has 1 spiro atoms. The van der Waals surface area contributed by atoms with Crippen molar-refractivity contribution in [2.45, 2.75) is 82.0 Å². The van der Waals surface area contributed by atoms with Crippen molar-refractivity contribution in [3.63, 3.8) is 0 Å². The van der Waals surface area contributed by atoms with Gasteiger partial charge in [-0.1, -0.05) is 50.8 Å². The summed E-state index contributed by atoms with van der Waals surface area (Å²) in [6.07, 6.45) is 11.0. The van der Waals surface area contributed by atoms with Crippen molar-refractivity contribution in [2.75, 3.05) is 13.6 Å². The van der Waals surface area contributed by atoms with Crippen LogP contribution < -0.4 is 9.47 Å². The Bertz CT molecular complexity index is 865. The number of esters is 1. The summed E-state index contributed by atoms with van der Waals surface area (Å²) in [5.74, 6) is 1.36. The van der Waals surface area contributed by atoms with Crippen molar-refractivity contribution in [3.05, 3.63) is 35.4 Å². The van der Waals surface area contributed by atoms with Crippen molar-refractivity contribution >= 4 is 5.97 Å². The van der Waals surface area contributed by atoms with Crippen LogP contribution in [0.1, 0.15) is 63.0 Å². The van der Waals surface area contributed by atoms with Gasteiger partial charge in [-0.15, -0.1) is 0 Å². The Hall–Kier alpha value is -1.85. The van der Waals surface area contributed by atoms with E-state index in [2.05, 4.69) is 31.0 Å². The van der Waals surface area contributed by atoms with Crippen molar-refractivity contribution < 1.29 is 19.4 Å². The van der Waals surface area contributed by atoms with Crippen molar-refractivity contribution in [1.29, 1.82) is 0 Å². The summed E-state index contributed by atoms with van der Waals surface area (Å²) in [6.45, 7) is 3.18. The first-order valence-electron chi connectivity index (χ1n) is 11.7. The molecule has 2 heterocycles. The number of rotatable bonds is 7. The third-order valence-electron chi connectivity index (χ3n) is 7.84. The van der Waals surface area contributed by atoms with Crippen LogP contribution in [0.5, 0.6) is 11.5 Å². The molecule has 5 rings (SSSR count). The maximum atomic E-state index is 12.5. The van der Waals surface area contributed by atoms with Crippen LogP contribution in [0.4, 0.5) is 0 Å². The number of likely N-dealkylation sites (N-methyl/N-ethyl adjacent to an activating group) is 1. The van der Waals surface area contributed by atoms with Gasteiger partial charge in [0.1, 0.15) is 12.2 Å². The van der Waals surface area contributed by atoms with Gasteiger partial charge >= 0.3 is 5.97 Å². The lowest BCUT2D eigenvalue weighted by molar-refractivity contribution is -0.134. The summed E-state index contributed by atoms with van der Waals surface area (Å²) < 4.78 is 12.2. The number of benzene rings is 1. The Balaban J connectivity index is 1.43. The zero-order chi connectivity index (χ0) is 20.9. The Morgan fingerprint density at radius 3 is 2.93 bits per heavy atom. The first kappa shape index (κ1) is 20.1. The van der Waals surface area contributed by atoms with Gasteiger partial charge in [0.2, 0.25) is 0 Å². The quantitative estimate of drug-likeness (QED) is 0.320. The monoisotopic (exact) mass is 411 g/mol. The third-order valence-corrected chi connectivity index (χ3v) is 7.84. The first-order chi connectivity index (χ1) is 14.6. The van der Waals surface area contributed by atoms with Gasteiger partial charge in [0.05, 0.1) is 0 Å². The van der Waals surface area contributed by atoms with Gasteiger partial charge in [0.25, 0.3) is 0 Å². The number of nitrogens with zero attached hydrogens (tertiary/aromatic N) is 1. The lowest BCUT2D eigenvalue weighted by Crippen LogP contribution is -2.64. The second-order valence-electron chi connectivity index (χ2n) is 9.55. The molecular weight excluding hydrogens is 378 g/mol. The van der Waals surface area contributed by atoms with Gasteiger partial charge < -0.3 is 19.5 Å². The molecule has 5 atom stereocenters. The third kappa shape index (κ3) is 2.93. The Kier molecular flexibility index (Phi) is 5.14. The summed E-state index contributed by atoms with van der Waals surface area (Å²) in [4.78, 5) is 14.9. The zero-order valence-electron chi connectivity index (χ0n) is 18.1. The fourth-order valence-electron chi connectivity index (χ4n) is 6.35. The average Bonchev–Trinajstić information content (AvgIpc) is 3.09. The van der Waals surface area contributed by atoms with E-state index in [1.165, 1.54) is 30.4 Å². The van der Waals surface area contributed by atoms with E-state index in [1.807, 2.05) is 12.1 Å². The number of carbonyl (C=O) groups excluding carboxylic acids is 1. The number of aliphatic hydroxyl groups is 1. The molecule has 5 heteroatoms. The molecule has 1 aromatic carbocycles. The molecule has 162 valence electrons. The maximum Gasteiger partial charge on any atom is 0.311 e. The van der Waals surface area contributed by atoms with Gasteiger partial charge in [-0.25, -0.2) is 0 Å². The number of piperidine rings is 1. The van der Waals surface area contributed by atoms with E-state index in [0.717, 1.165) is 32.2 Å². The molecular formula is C25H33NO4. The summed E-state index contributed by atoms with van der Waals surface area (Å²) in [5, 5.41) is 10.8. The molecule has 0 amide bonds. The fraction of sp³-hybridized carbons (Fsp3) is 0.640. The van der Waals surface area contributed by atoms with Crippen LogP contribution in [0.2, 0.25) is 0 Å². The standard InChI is InChI=1S/C25H33NO4/c1-3-4-5-6-7-8-21(28)29-20-12-9-16-15-18-17-10-11-19(27)24-25(17,13-14-26(18)2)22(16)23(20)30-24/h9-12,17-19,24,27H,3-8,13-15H2,1-2H3/t17-,18+,19-,24-,25-/m0/s1. The molecule has 2 aliphatic carbocycles. The number of aliphatic hydroxyl groups excluding tert-OH is 1. The van der Waals surface area contributed by atoms with Crippen LogP contribution in [0.15, 0.2) is 24.3 Å². The molecule has 4 aliphatic rings. The van der Waals surface area contributed by atoms with E-state index in [4.69, 9.17) is 9.47 Å². The van der Waals surface area contributed by atoms with Crippen LogP contribution in [-0.2, 0) is 16.6 Å². The number of unbranched alkanes of at least 4 members (excludes halogenated alkanes) is 4. The molecule has 1 saturated heterocycles. The Labute approximate surface area is 179 Å². The van der Waals surface area contributed by atoms with Gasteiger partial charge in [-0.3, -0.25) is 4.79 Å². The molecule has 0 radical (unpaired) electrons. The zero-order valence-corrected chi connectivity index (χ0v) is 18.1. The molecule has 0 aromatic heterocycles. The number of hydrogen-bond acceptors (Lipinski definition) is 5. The van der Waals surface area contributed by atoms with Crippen LogP contribution in [0, 0.1) is 5.92 Å². The summed E-state index contributed by atoms with van der Waals surface area (Å²) in [6, 6.07) is 4.43. The average molecular weight is 412 g/mol. The van der Waals surface area contributed by atoms with Crippen LogP contribution in [0.3, 0.4) is 0 Å². The second-order valence-corrected chi connectivity index (χ2v) is 9.55. The van der Waals surface area contributed by atoms with Gasteiger partial charge in [0, 0.05) is 29.4 Å². The van der Waals surface area contributed by atoms with Crippen molar-refractivity contribution in [1.82, 2.24) is 4.90 Å². The SMILES string of the molecule is CCCCCCCC(=O)Oc1ccc2c3c1O[C@H]1[C@@H](O)C=C[C@H]4[C@@H](C2)N(C)CC[C@@]341. The molecule has 5 nitrogen and oxygen atoms in total. The highest BCUT2D eigenvalue weighted by molar-refractivity contribution is 5.74. The lowest BCUT2D eigenvalue weighted by atomic mass is 9.53. The van der Waals surface area contributed by atoms with Crippen LogP contribution >= 0.6 is 0 Å². The summed E-state index contributed by atoms with van der Waals surface area (Å²) >= 11 is 0. The Morgan fingerprint density at radius 1 is 1.27 bits per heavy atom. The second kappa shape index (κ2) is 7.69. The molecule has 1 N–H and O–H groups in total. The minimum absolute atomic E-state index is 0.189. The minimum Gasteiger partial charge on any atom is -0.482 e. The van der Waals surface area contributed by atoms with E-state index in [9.17, 15) is 9.90 Å². The highest BCUT2D eigenvalue weighted by atomic mass is 16.6. The van der Waals surface area contributed by atoms with Gasteiger partial charge in [-0.2, -0.15) is 0 Å². The molecule has 0 unspecified atom stereocenters. The van der Waals surface area contributed by atoms with Crippen LogP contribution in [-0.4, -0.2) is 47.8 Å². The topological polar surface area (TPSA) is 59.0 Å². The number of ether oxygens (including phenoxy) is 2. The van der Waals surface area contributed by atoms with Crippen molar-refractivity contribution in [3.8, 4) is 11.5 Å². The number of hydrogen-bond donors (Lipinski definition) is 1. The summed E-state index contributed by atoms with van der Waals surface area (Å²) in [5.41, 5.74) is 2.26. The molecule has 2 bridgehead atoms. The highest BCUT2D eigenvalue weighted by Crippen LogP contribution is 2.62. The normalized spacial score (nSPS) is 33.2. The van der Waals surface area contributed by atoms with Crippen molar-refractivity contribution in [2.24, 2.45) is 5.92 Å². The van der Waals surface area contributed by atoms with Gasteiger partial charge in [-0.05, 0) is 44.5 Å². The highest BCUT2D eigenvalue weighted by Gasteiger charge is 2.64. The minimum atomic E-state index is -0.634. The maximum absolute atomic E-state index is 12.5. The Morgan fingerprint density at radius 2 is 2.10 bits per heavy atom. The van der Waals surface area contributed by atoms with E-state index in [-0.39, 0.29) is 17.5 Å². The predicted octanol–water partition coefficient (Wildman–Crippen LogP) is 3.76. The number of carbonyl (C=O) groups is 1. The van der Waals surface area contributed by atoms with Crippen LogP contribution in [0.25, 0.3) is 0 Å². The number of likely N-dealkylation sites (tertiary alicyclic amines) is 1. The molecule has 2 aliphatic heterocycles. The smallest absolute Gasteiger partial charge is 0.311 e. The largest absolute Gasteiger partial charge is 0.482 e. The van der Waals surface area contributed by atoms with E-state index in [1.54, 1.807) is 0 Å². The summed E-state index contributed by atoms with van der Waals surface area (Å²) in [7, 11) is 2.20. The molecule has 0 saturated carbocycles. The van der Waals surface area contributed by atoms with Gasteiger partial charge in [0.15, 0.2) is 11.5 Å². The molecule has 1 aromatic rings. The van der Waals surface area contributed by atoms with E-state index in [0.29, 0.717) is 29.9 Å². The van der Waals surface area contributed by atoms with E-state index < -0.39 is 6.10 Å². The first-order valence-corrected chi connectivity index (χ1v) is 11.7. The molecule has 30 heavy (non-hydrogen) atoms. The molecule has 1 fully saturated rings. The predicted molar refractivity (Wildman–Crippen MR) is 115 cm³/mol. The fourth-order valence-corrected chi connectivity index (χ4v) is 6.35. The lowest BCUT2D eigenvalue weighted by Gasteiger charge is -2.56.